The van der Waals surface area contributed by atoms with Crippen LogP contribution in [0.5, 0.6) is 0 Å². The van der Waals surface area contributed by atoms with Crippen molar-refractivity contribution < 1.29 is 23.7 Å². The summed E-state index contributed by atoms with van der Waals surface area (Å²) in [5.41, 5.74) is -0.439. The second kappa shape index (κ2) is 7.22. The molecule has 7 nitrogen and oxygen atoms in total. The highest BCUT2D eigenvalue weighted by Crippen LogP contribution is 1.99. The van der Waals surface area contributed by atoms with Crippen molar-refractivity contribution in [3.63, 3.8) is 0 Å². The maximum absolute atomic E-state index is 11.7. The number of carbonyl (C=O) groups excluding carboxylic acids is 2. The number of amides is 2. The van der Waals surface area contributed by atoms with Gasteiger partial charge in [-0.3, -0.25) is 13.8 Å². The first-order valence-corrected chi connectivity index (χ1v) is 7.16. The molecule has 19 heavy (non-hydrogen) atoms. The third kappa shape index (κ3) is 9.18. The van der Waals surface area contributed by atoms with Crippen LogP contribution >= 0.6 is 0 Å². The summed E-state index contributed by atoms with van der Waals surface area (Å²) < 4.78 is 11.7. The molecule has 0 heterocycles. The van der Waals surface area contributed by atoms with Crippen LogP contribution in [0.1, 0.15) is 27.7 Å². The van der Waals surface area contributed by atoms with Gasteiger partial charge in [-0.2, -0.15) is 0 Å². The summed E-state index contributed by atoms with van der Waals surface area (Å²) in [5, 5.41) is 13.6. The Morgan fingerprint density at radius 1 is 1.26 bits per heavy atom. The lowest BCUT2D eigenvalue weighted by Crippen LogP contribution is -2.46. The Morgan fingerprint density at radius 3 is 2.16 bits per heavy atom. The fraction of sp³-hybridized carbons (Fsp3) is 0.727. The number of rotatable bonds is 6. The summed E-state index contributed by atoms with van der Waals surface area (Å²) in [4.78, 5) is 33.1. The lowest BCUT2D eigenvalue weighted by molar-refractivity contribution is -0.140. The van der Waals surface area contributed by atoms with Crippen LogP contribution < -0.4 is 10.6 Å². The van der Waals surface area contributed by atoms with E-state index < -0.39 is 40.2 Å². The van der Waals surface area contributed by atoms with E-state index in [1.165, 1.54) is 6.92 Å². The smallest absolute Gasteiger partial charge is 0.327 e. The lowest BCUT2D eigenvalue weighted by atomic mass is 10.1. The highest BCUT2D eigenvalue weighted by molar-refractivity contribution is 7.85. The average Bonchev–Trinajstić information content (AvgIpc) is 2.11. The fourth-order valence-corrected chi connectivity index (χ4v) is 2.35. The lowest BCUT2D eigenvalue weighted by Gasteiger charge is -2.20. The van der Waals surface area contributed by atoms with Crippen molar-refractivity contribution in [2.45, 2.75) is 39.3 Å². The molecule has 0 aromatic rings. The predicted molar refractivity (Wildman–Crippen MR) is 71.0 cm³/mol. The van der Waals surface area contributed by atoms with Gasteiger partial charge in [-0.25, -0.2) is 4.79 Å². The molecule has 0 spiro atoms. The van der Waals surface area contributed by atoms with Crippen molar-refractivity contribution >= 4 is 28.6 Å². The van der Waals surface area contributed by atoms with E-state index in [2.05, 4.69) is 10.6 Å². The van der Waals surface area contributed by atoms with Gasteiger partial charge in [0, 0.05) is 23.3 Å². The molecule has 0 fully saturated rings. The van der Waals surface area contributed by atoms with Gasteiger partial charge in [0.2, 0.25) is 11.8 Å². The van der Waals surface area contributed by atoms with Gasteiger partial charge in [-0.15, -0.1) is 0 Å². The van der Waals surface area contributed by atoms with Gasteiger partial charge in [0.25, 0.3) is 0 Å². The zero-order chi connectivity index (χ0) is 15.2. The van der Waals surface area contributed by atoms with Crippen LogP contribution in [0.4, 0.5) is 0 Å². The molecular weight excluding hydrogens is 272 g/mol. The molecule has 0 saturated carbocycles. The monoisotopic (exact) mass is 292 g/mol. The Bertz CT molecular complexity index is 389. The number of carbonyl (C=O) groups is 3. The molecule has 0 aromatic heterocycles. The normalized spacial score (nSPS) is 14.3. The first-order valence-electron chi connectivity index (χ1n) is 5.67. The molecule has 0 radical (unpaired) electrons. The SMILES string of the molecule is CC(=O)NC(CS(=O)CC(=O)NC(C)(C)C)C(=O)O. The molecule has 8 heteroatoms. The molecule has 0 aliphatic heterocycles. The van der Waals surface area contributed by atoms with Crippen LogP contribution in [0.15, 0.2) is 0 Å². The Labute approximate surface area is 114 Å². The van der Waals surface area contributed by atoms with Crippen molar-refractivity contribution in [3.05, 3.63) is 0 Å². The topological polar surface area (TPSA) is 113 Å². The van der Waals surface area contributed by atoms with Gasteiger partial charge in [-0.05, 0) is 20.8 Å². The molecule has 0 bridgehead atoms. The number of carboxylic acid groups (broad SMARTS) is 1. The molecule has 0 aliphatic rings. The minimum Gasteiger partial charge on any atom is -0.480 e. The van der Waals surface area contributed by atoms with E-state index in [0.29, 0.717) is 0 Å². The van der Waals surface area contributed by atoms with E-state index in [4.69, 9.17) is 5.11 Å². The largest absolute Gasteiger partial charge is 0.480 e. The number of nitrogens with one attached hydrogen (secondary N) is 2. The first kappa shape index (κ1) is 17.6. The third-order valence-electron chi connectivity index (χ3n) is 1.83. The van der Waals surface area contributed by atoms with Gasteiger partial charge in [-0.1, -0.05) is 0 Å². The van der Waals surface area contributed by atoms with Gasteiger partial charge >= 0.3 is 5.97 Å². The molecule has 2 atom stereocenters. The second-order valence-corrected chi connectivity index (χ2v) is 6.64. The maximum Gasteiger partial charge on any atom is 0.327 e. The third-order valence-corrected chi connectivity index (χ3v) is 3.12. The zero-order valence-corrected chi connectivity index (χ0v) is 12.3. The van der Waals surface area contributed by atoms with E-state index in [1.54, 1.807) is 20.8 Å². The molecule has 110 valence electrons. The van der Waals surface area contributed by atoms with Crippen molar-refractivity contribution in [3.8, 4) is 0 Å². The Hall–Kier alpha value is -1.44. The van der Waals surface area contributed by atoms with Crippen LogP contribution in [0.3, 0.4) is 0 Å². The first-order chi connectivity index (χ1) is 8.51. The van der Waals surface area contributed by atoms with Crippen molar-refractivity contribution in [2.24, 2.45) is 0 Å². The molecule has 2 amide bonds. The minimum atomic E-state index is -1.66. The van der Waals surface area contributed by atoms with Crippen LogP contribution in [0.25, 0.3) is 0 Å². The fourth-order valence-electron chi connectivity index (χ4n) is 1.27. The molecule has 0 rings (SSSR count). The maximum atomic E-state index is 11.7. The molecule has 0 aromatic carbocycles. The summed E-state index contributed by atoms with van der Waals surface area (Å²) in [6.07, 6.45) is 0. The quantitative estimate of drug-likeness (QED) is 0.595. The van der Waals surface area contributed by atoms with Crippen molar-refractivity contribution in [1.29, 1.82) is 0 Å². The Morgan fingerprint density at radius 2 is 1.79 bits per heavy atom. The van der Waals surface area contributed by atoms with Gasteiger partial charge < -0.3 is 15.7 Å². The van der Waals surface area contributed by atoms with E-state index in [9.17, 15) is 18.6 Å². The van der Waals surface area contributed by atoms with Crippen molar-refractivity contribution in [1.82, 2.24) is 10.6 Å². The van der Waals surface area contributed by atoms with Gasteiger partial charge in [0.05, 0.1) is 5.75 Å². The summed E-state index contributed by atoms with van der Waals surface area (Å²) in [6, 6.07) is -1.25. The number of hydrogen-bond acceptors (Lipinski definition) is 4. The summed E-state index contributed by atoms with van der Waals surface area (Å²) in [6.45, 7) is 6.52. The van der Waals surface area contributed by atoms with E-state index >= 15 is 0 Å². The van der Waals surface area contributed by atoms with E-state index in [1.807, 2.05) is 0 Å². The zero-order valence-electron chi connectivity index (χ0n) is 11.5. The van der Waals surface area contributed by atoms with Crippen LogP contribution in [0.2, 0.25) is 0 Å². The molecular formula is C11H20N2O5S. The minimum absolute atomic E-state index is 0.291. The van der Waals surface area contributed by atoms with Crippen LogP contribution in [-0.4, -0.2) is 50.2 Å². The van der Waals surface area contributed by atoms with E-state index in [-0.39, 0.29) is 11.5 Å². The highest BCUT2D eigenvalue weighted by Gasteiger charge is 2.23. The predicted octanol–water partition coefficient (Wildman–Crippen LogP) is -0.761. The number of hydrogen-bond donors (Lipinski definition) is 3. The summed E-state index contributed by atoms with van der Waals surface area (Å²) in [5.74, 6) is -2.81. The number of carboxylic acids is 1. The molecule has 3 N–H and O–H groups in total. The van der Waals surface area contributed by atoms with E-state index in [0.717, 1.165) is 0 Å². The van der Waals surface area contributed by atoms with Gasteiger partial charge in [0.15, 0.2) is 0 Å². The Kier molecular flexibility index (Phi) is 6.68. The molecule has 0 saturated heterocycles. The second-order valence-electron chi connectivity index (χ2n) is 5.14. The van der Waals surface area contributed by atoms with Gasteiger partial charge in [0.1, 0.15) is 11.8 Å². The summed E-state index contributed by atoms with van der Waals surface area (Å²) >= 11 is 0. The molecule has 2 unspecified atom stereocenters. The molecule has 0 aliphatic carbocycles. The average molecular weight is 292 g/mol. The van der Waals surface area contributed by atoms with Crippen LogP contribution in [-0.2, 0) is 25.2 Å². The standard InChI is InChI=1S/C11H20N2O5S/c1-7(14)12-8(10(16)17)5-19(18)6-9(15)13-11(2,3)4/h8H,5-6H2,1-4H3,(H,12,14)(H,13,15)(H,16,17). The summed E-state index contributed by atoms with van der Waals surface area (Å²) in [7, 11) is -1.66. The highest BCUT2D eigenvalue weighted by atomic mass is 32.2. The van der Waals surface area contributed by atoms with Crippen LogP contribution in [0, 0.1) is 0 Å². The van der Waals surface area contributed by atoms with Crippen molar-refractivity contribution in [2.75, 3.05) is 11.5 Å². The Balaban J connectivity index is 4.39. The number of aliphatic carboxylic acids is 1.